The van der Waals surface area contributed by atoms with Crippen LogP contribution in [0, 0.1) is 0 Å². The summed E-state index contributed by atoms with van der Waals surface area (Å²) in [6, 6.07) is 32.3. The third kappa shape index (κ3) is 4.81. The van der Waals surface area contributed by atoms with E-state index in [-0.39, 0.29) is 14.5 Å². The molecule has 162 valence electrons. The standard InChI is InChI=1S/C28H16Cl4Se/c29-21-9-1-17(2-10-21)25-26(18-3-11-22(30)12-4-18)28(20-7-15-24(32)16-8-20)33-27(25)19-5-13-23(31)14-6-19/h1-16H. The topological polar surface area (TPSA) is 0 Å². The Bertz CT molecular complexity index is 1290. The molecule has 1 heterocycles. The number of halogens is 4. The second-order valence-corrected chi connectivity index (χ2v) is 11.4. The van der Waals surface area contributed by atoms with Gasteiger partial charge in [0.15, 0.2) is 0 Å². The molecule has 0 aliphatic carbocycles. The normalized spacial score (nSPS) is 11.0. The second-order valence-electron chi connectivity index (χ2n) is 7.54. The predicted molar refractivity (Wildman–Crippen MR) is 145 cm³/mol. The first-order chi connectivity index (χ1) is 16.0. The maximum absolute atomic E-state index is 6.23. The fourth-order valence-corrected chi connectivity index (χ4v) is 7.17. The Hall–Kier alpha value is -1.96. The fourth-order valence-electron chi connectivity index (χ4n) is 3.82. The molecule has 0 saturated carbocycles. The maximum atomic E-state index is 6.23. The zero-order chi connectivity index (χ0) is 22.9. The van der Waals surface area contributed by atoms with Crippen LogP contribution in [0.5, 0.6) is 0 Å². The summed E-state index contributed by atoms with van der Waals surface area (Å²) in [4.78, 5) is 0. The van der Waals surface area contributed by atoms with E-state index in [2.05, 4.69) is 48.5 Å². The van der Waals surface area contributed by atoms with Crippen molar-refractivity contribution >= 4 is 60.9 Å². The molecule has 0 atom stereocenters. The molecular weight excluding hydrogens is 557 g/mol. The van der Waals surface area contributed by atoms with Gasteiger partial charge in [0.05, 0.1) is 0 Å². The minimum absolute atomic E-state index is 0.0472. The molecule has 0 aliphatic heterocycles. The Morgan fingerprint density at radius 3 is 0.848 bits per heavy atom. The number of benzene rings is 4. The van der Waals surface area contributed by atoms with Crippen LogP contribution in [0.3, 0.4) is 0 Å². The van der Waals surface area contributed by atoms with Crippen LogP contribution < -0.4 is 0 Å². The molecule has 0 saturated heterocycles. The Morgan fingerprint density at radius 2 is 0.576 bits per heavy atom. The molecule has 0 nitrogen and oxygen atoms in total. The van der Waals surface area contributed by atoms with E-state index < -0.39 is 0 Å². The van der Waals surface area contributed by atoms with Crippen LogP contribution in [0.1, 0.15) is 0 Å². The Balaban J connectivity index is 1.86. The molecule has 0 aliphatic rings. The number of hydrogen-bond donors (Lipinski definition) is 0. The van der Waals surface area contributed by atoms with Crippen molar-refractivity contribution in [1.82, 2.24) is 0 Å². The van der Waals surface area contributed by atoms with Gasteiger partial charge in [0.2, 0.25) is 0 Å². The SMILES string of the molecule is Clc1ccc(-c2[se]c(-c3ccc(Cl)cc3)c(-c3ccc(Cl)cc3)c2-c2ccc(Cl)cc2)cc1. The molecule has 0 radical (unpaired) electrons. The van der Waals surface area contributed by atoms with Crippen molar-refractivity contribution in [2.75, 3.05) is 0 Å². The second kappa shape index (κ2) is 9.72. The summed E-state index contributed by atoms with van der Waals surface area (Å²) in [5.74, 6) is 0. The summed E-state index contributed by atoms with van der Waals surface area (Å²) in [5, 5.41) is 2.88. The van der Waals surface area contributed by atoms with E-state index in [1.807, 2.05) is 48.5 Å². The van der Waals surface area contributed by atoms with Gasteiger partial charge in [-0.2, -0.15) is 0 Å². The third-order valence-corrected chi connectivity index (χ3v) is 9.10. The molecule has 5 heteroatoms. The van der Waals surface area contributed by atoms with Gasteiger partial charge in [0.1, 0.15) is 0 Å². The van der Waals surface area contributed by atoms with Gasteiger partial charge < -0.3 is 0 Å². The van der Waals surface area contributed by atoms with Gasteiger partial charge in [-0.1, -0.05) is 0 Å². The van der Waals surface area contributed by atoms with E-state index in [1.165, 1.54) is 31.1 Å². The van der Waals surface area contributed by atoms with E-state index in [9.17, 15) is 0 Å². The predicted octanol–water partition coefficient (Wildman–Crippen LogP) is 10.0. The van der Waals surface area contributed by atoms with Gasteiger partial charge in [-0.25, -0.2) is 0 Å². The van der Waals surface area contributed by atoms with Crippen molar-refractivity contribution in [2.24, 2.45) is 0 Å². The van der Waals surface area contributed by atoms with Crippen LogP contribution >= 0.6 is 46.4 Å². The van der Waals surface area contributed by atoms with Crippen molar-refractivity contribution in [2.45, 2.75) is 0 Å². The number of rotatable bonds is 4. The first-order valence-corrected chi connectivity index (χ1v) is 13.4. The van der Waals surface area contributed by atoms with Gasteiger partial charge in [-0.3, -0.25) is 0 Å². The van der Waals surface area contributed by atoms with Crippen LogP contribution in [0.25, 0.3) is 42.3 Å². The van der Waals surface area contributed by atoms with Crippen molar-refractivity contribution in [3.05, 3.63) is 117 Å². The first-order valence-electron chi connectivity index (χ1n) is 10.2. The Morgan fingerprint density at radius 1 is 0.333 bits per heavy atom. The van der Waals surface area contributed by atoms with Crippen molar-refractivity contribution in [3.63, 3.8) is 0 Å². The molecule has 1 aromatic heterocycles. The average molecular weight is 573 g/mol. The zero-order valence-corrected chi connectivity index (χ0v) is 21.9. The molecule has 5 aromatic rings. The van der Waals surface area contributed by atoms with Gasteiger partial charge in [0, 0.05) is 0 Å². The summed E-state index contributed by atoms with van der Waals surface area (Å²) >= 11 is 24.9. The third-order valence-electron chi connectivity index (χ3n) is 5.39. The molecule has 0 amide bonds. The van der Waals surface area contributed by atoms with Crippen molar-refractivity contribution < 1.29 is 0 Å². The van der Waals surface area contributed by atoms with Gasteiger partial charge in [-0.05, 0) is 0 Å². The van der Waals surface area contributed by atoms with Gasteiger partial charge >= 0.3 is 220 Å². The zero-order valence-electron chi connectivity index (χ0n) is 17.2. The van der Waals surface area contributed by atoms with E-state index in [0.29, 0.717) is 10.0 Å². The van der Waals surface area contributed by atoms with E-state index in [1.54, 1.807) is 0 Å². The average Bonchev–Trinajstić information content (AvgIpc) is 3.21. The van der Waals surface area contributed by atoms with E-state index in [4.69, 9.17) is 46.4 Å². The van der Waals surface area contributed by atoms with Gasteiger partial charge in [-0.15, -0.1) is 0 Å². The monoisotopic (exact) mass is 572 g/mol. The Kier molecular flexibility index (Phi) is 6.72. The van der Waals surface area contributed by atoms with Crippen molar-refractivity contribution in [3.8, 4) is 42.3 Å². The van der Waals surface area contributed by atoms with Gasteiger partial charge in [0.25, 0.3) is 0 Å². The summed E-state index contributed by atoms with van der Waals surface area (Å²) in [6.07, 6.45) is 0. The molecule has 0 spiro atoms. The van der Waals surface area contributed by atoms with Crippen LogP contribution in [0.4, 0.5) is 0 Å². The first kappa shape index (κ1) is 22.8. The van der Waals surface area contributed by atoms with Crippen LogP contribution in [-0.2, 0) is 0 Å². The quantitative estimate of drug-likeness (QED) is 0.188. The van der Waals surface area contributed by atoms with Crippen LogP contribution in [-0.4, -0.2) is 14.5 Å². The minimum atomic E-state index is 0.0472. The molecule has 0 bridgehead atoms. The van der Waals surface area contributed by atoms with Crippen LogP contribution in [0.15, 0.2) is 97.1 Å². The Labute approximate surface area is 219 Å². The number of hydrogen-bond acceptors (Lipinski definition) is 0. The molecule has 33 heavy (non-hydrogen) atoms. The summed E-state index contributed by atoms with van der Waals surface area (Å²) in [5.41, 5.74) is 7.00. The molecule has 0 N–H and O–H groups in total. The van der Waals surface area contributed by atoms with Crippen LogP contribution in [0.2, 0.25) is 20.1 Å². The molecule has 4 aromatic carbocycles. The molecular formula is C28H16Cl4Se. The summed E-state index contributed by atoms with van der Waals surface area (Å²) in [6.45, 7) is 0. The summed E-state index contributed by atoms with van der Waals surface area (Å²) in [7, 11) is 0. The van der Waals surface area contributed by atoms with Crippen molar-refractivity contribution in [1.29, 1.82) is 0 Å². The summed E-state index contributed by atoms with van der Waals surface area (Å²) < 4.78 is 2.60. The van der Waals surface area contributed by atoms with E-state index >= 15 is 0 Å². The molecule has 5 rings (SSSR count). The molecule has 0 unspecified atom stereocenters. The fraction of sp³-hybridized carbons (Fsp3) is 0. The molecule has 0 fully saturated rings. The van der Waals surface area contributed by atoms with E-state index in [0.717, 1.165) is 21.2 Å².